The molecule has 1 heterocycles. The fourth-order valence-electron chi connectivity index (χ4n) is 2.45. The van der Waals surface area contributed by atoms with E-state index in [9.17, 15) is 4.79 Å². The van der Waals surface area contributed by atoms with Crippen molar-refractivity contribution >= 4 is 23.4 Å². The number of primary amides is 1. The maximum absolute atomic E-state index is 10.9. The third-order valence-corrected chi connectivity index (χ3v) is 4.66. The van der Waals surface area contributed by atoms with Crippen LogP contribution in [-0.4, -0.2) is 41.7 Å². The van der Waals surface area contributed by atoms with Crippen LogP contribution in [0.25, 0.3) is 0 Å². The molecule has 1 saturated heterocycles. The second-order valence-corrected chi connectivity index (χ2v) is 6.49. The molecule has 4 nitrogen and oxygen atoms in total. The van der Waals surface area contributed by atoms with Crippen LogP contribution in [0.4, 0.5) is 5.69 Å². The van der Waals surface area contributed by atoms with Gasteiger partial charge in [-0.15, -0.1) is 11.8 Å². The van der Waals surface area contributed by atoms with Crippen LogP contribution in [0.15, 0.2) is 29.2 Å². The quantitative estimate of drug-likeness (QED) is 0.789. The van der Waals surface area contributed by atoms with E-state index >= 15 is 0 Å². The summed E-state index contributed by atoms with van der Waals surface area (Å²) < 4.78 is 0. The lowest BCUT2D eigenvalue weighted by molar-refractivity contribution is -0.115. The van der Waals surface area contributed by atoms with Gasteiger partial charge in [0, 0.05) is 35.8 Å². The van der Waals surface area contributed by atoms with E-state index in [1.807, 2.05) is 18.2 Å². The van der Waals surface area contributed by atoms with E-state index in [1.54, 1.807) is 0 Å². The van der Waals surface area contributed by atoms with E-state index in [0.29, 0.717) is 17.8 Å². The van der Waals surface area contributed by atoms with Crippen molar-refractivity contribution in [2.45, 2.75) is 37.2 Å². The van der Waals surface area contributed by atoms with Gasteiger partial charge in [-0.2, -0.15) is 0 Å². The molecule has 3 N–H and O–H groups in total. The Morgan fingerprint density at radius 2 is 2.25 bits per heavy atom. The standard InChI is InChI=1S/C15H23N3OS/c1-11(2)18-8-7-12(9-18)17-13-5-3-4-6-14(13)20-10-15(16)19/h3-6,11-12,17H,7-10H2,1-2H3,(H2,16,19). The number of thioether (sulfide) groups is 1. The van der Waals surface area contributed by atoms with Crippen molar-refractivity contribution in [3.05, 3.63) is 24.3 Å². The molecule has 5 heteroatoms. The van der Waals surface area contributed by atoms with Gasteiger partial charge in [0.15, 0.2) is 0 Å². The SMILES string of the molecule is CC(C)N1CCC(Nc2ccccc2SCC(N)=O)C1. The average molecular weight is 293 g/mol. The predicted molar refractivity (Wildman–Crippen MR) is 85.1 cm³/mol. The minimum atomic E-state index is -0.281. The number of nitrogens with one attached hydrogen (secondary N) is 1. The number of para-hydroxylation sites is 1. The number of carbonyl (C=O) groups is 1. The van der Waals surface area contributed by atoms with Gasteiger partial charge in [0.25, 0.3) is 0 Å². The minimum absolute atomic E-state index is 0.281. The predicted octanol–water partition coefficient (Wildman–Crippen LogP) is 2.16. The molecule has 110 valence electrons. The molecule has 1 aromatic carbocycles. The molecule has 1 amide bonds. The van der Waals surface area contributed by atoms with Crippen LogP contribution in [0.3, 0.4) is 0 Å². The molecular formula is C15H23N3OS. The van der Waals surface area contributed by atoms with Crippen LogP contribution in [0, 0.1) is 0 Å². The fourth-order valence-corrected chi connectivity index (χ4v) is 3.21. The Morgan fingerprint density at radius 1 is 1.50 bits per heavy atom. The summed E-state index contributed by atoms with van der Waals surface area (Å²) in [6.45, 7) is 6.69. The van der Waals surface area contributed by atoms with E-state index in [0.717, 1.165) is 30.1 Å². The zero-order valence-corrected chi connectivity index (χ0v) is 13.0. The molecule has 0 bridgehead atoms. The molecule has 2 rings (SSSR count). The number of benzene rings is 1. The van der Waals surface area contributed by atoms with Crippen molar-refractivity contribution in [1.29, 1.82) is 0 Å². The molecule has 1 fully saturated rings. The van der Waals surface area contributed by atoms with Crippen molar-refractivity contribution in [3.8, 4) is 0 Å². The Bertz CT molecular complexity index is 464. The number of likely N-dealkylation sites (tertiary alicyclic amines) is 1. The summed E-state index contributed by atoms with van der Waals surface area (Å²) in [5.74, 6) is 0.0400. The largest absolute Gasteiger partial charge is 0.380 e. The second kappa shape index (κ2) is 6.99. The smallest absolute Gasteiger partial charge is 0.227 e. The maximum Gasteiger partial charge on any atom is 0.227 e. The maximum atomic E-state index is 10.9. The lowest BCUT2D eigenvalue weighted by Crippen LogP contribution is -2.31. The summed E-state index contributed by atoms with van der Waals surface area (Å²) in [7, 11) is 0. The van der Waals surface area contributed by atoms with Gasteiger partial charge in [-0.3, -0.25) is 9.69 Å². The zero-order chi connectivity index (χ0) is 14.5. The summed E-state index contributed by atoms with van der Waals surface area (Å²) in [5, 5.41) is 3.60. The van der Waals surface area contributed by atoms with E-state index < -0.39 is 0 Å². The number of amides is 1. The first-order valence-corrected chi connectivity index (χ1v) is 8.05. The van der Waals surface area contributed by atoms with E-state index in [1.165, 1.54) is 11.8 Å². The Hall–Kier alpha value is -1.20. The minimum Gasteiger partial charge on any atom is -0.380 e. The molecule has 0 aliphatic carbocycles. The van der Waals surface area contributed by atoms with E-state index in [2.05, 4.69) is 30.1 Å². The number of nitrogens with zero attached hydrogens (tertiary/aromatic N) is 1. The molecule has 1 unspecified atom stereocenters. The monoisotopic (exact) mass is 293 g/mol. The molecule has 1 aliphatic rings. The number of anilines is 1. The highest BCUT2D eigenvalue weighted by Gasteiger charge is 2.24. The lowest BCUT2D eigenvalue weighted by Gasteiger charge is -2.21. The highest BCUT2D eigenvalue weighted by Crippen LogP contribution is 2.28. The molecule has 1 aromatic rings. The molecule has 0 radical (unpaired) electrons. The summed E-state index contributed by atoms with van der Waals surface area (Å²) in [4.78, 5) is 14.5. The summed E-state index contributed by atoms with van der Waals surface area (Å²) in [5.41, 5.74) is 6.32. The van der Waals surface area contributed by atoms with Gasteiger partial charge in [0.05, 0.1) is 5.75 Å². The van der Waals surface area contributed by atoms with Gasteiger partial charge in [0.2, 0.25) is 5.91 Å². The van der Waals surface area contributed by atoms with Crippen molar-refractivity contribution in [2.75, 3.05) is 24.2 Å². The number of carbonyl (C=O) groups excluding carboxylic acids is 1. The first-order chi connectivity index (χ1) is 9.56. The topological polar surface area (TPSA) is 58.4 Å². The van der Waals surface area contributed by atoms with Crippen LogP contribution in [-0.2, 0) is 4.79 Å². The van der Waals surface area contributed by atoms with Crippen LogP contribution < -0.4 is 11.1 Å². The van der Waals surface area contributed by atoms with Crippen molar-refractivity contribution in [2.24, 2.45) is 5.73 Å². The number of nitrogens with two attached hydrogens (primary N) is 1. The Labute approximate surface area is 125 Å². The normalized spacial score (nSPS) is 19.4. The Balaban J connectivity index is 1.97. The van der Waals surface area contributed by atoms with Crippen LogP contribution in [0.1, 0.15) is 20.3 Å². The molecule has 20 heavy (non-hydrogen) atoms. The highest BCUT2D eigenvalue weighted by atomic mass is 32.2. The molecule has 0 aromatic heterocycles. The van der Waals surface area contributed by atoms with Crippen LogP contribution >= 0.6 is 11.8 Å². The molecular weight excluding hydrogens is 270 g/mol. The van der Waals surface area contributed by atoms with E-state index in [-0.39, 0.29) is 5.91 Å². The van der Waals surface area contributed by atoms with Crippen molar-refractivity contribution < 1.29 is 4.79 Å². The number of hydrogen-bond donors (Lipinski definition) is 2. The Kier molecular flexibility index (Phi) is 5.31. The van der Waals surface area contributed by atoms with Gasteiger partial charge in [-0.05, 0) is 32.4 Å². The molecule has 1 aliphatic heterocycles. The zero-order valence-electron chi connectivity index (χ0n) is 12.1. The van der Waals surface area contributed by atoms with Gasteiger partial charge in [0.1, 0.15) is 0 Å². The third kappa shape index (κ3) is 4.15. The van der Waals surface area contributed by atoms with Gasteiger partial charge >= 0.3 is 0 Å². The van der Waals surface area contributed by atoms with Gasteiger partial charge in [-0.1, -0.05) is 12.1 Å². The third-order valence-electron chi connectivity index (χ3n) is 3.57. The first kappa shape index (κ1) is 15.2. The molecule has 0 spiro atoms. The van der Waals surface area contributed by atoms with Crippen LogP contribution in [0.2, 0.25) is 0 Å². The lowest BCUT2D eigenvalue weighted by atomic mass is 10.2. The first-order valence-electron chi connectivity index (χ1n) is 7.07. The van der Waals surface area contributed by atoms with Gasteiger partial charge in [-0.25, -0.2) is 0 Å². The molecule has 1 atom stereocenters. The fraction of sp³-hybridized carbons (Fsp3) is 0.533. The van der Waals surface area contributed by atoms with Gasteiger partial charge < -0.3 is 11.1 Å². The average Bonchev–Trinajstić information content (AvgIpc) is 2.86. The van der Waals surface area contributed by atoms with E-state index in [4.69, 9.17) is 5.73 Å². The van der Waals surface area contributed by atoms with Crippen molar-refractivity contribution in [3.63, 3.8) is 0 Å². The molecule has 0 saturated carbocycles. The van der Waals surface area contributed by atoms with Crippen molar-refractivity contribution in [1.82, 2.24) is 4.90 Å². The van der Waals surface area contributed by atoms with Crippen LogP contribution in [0.5, 0.6) is 0 Å². The number of hydrogen-bond acceptors (Lipinski definition) is 4. The summed E-state index contributed by atoms with van der Waals surface area (Å²) >= 11 is 1.49. The highest BCUT2D eigenvalue weighted by molar-refractivity contribution is 8.00. The number of rotatable bonds is 6. The second-order valence-electron chi connectivity index (χ2n) is 5.47. The summed E-state index contributed by atoms with van der Waals surface area (Å²) in [6.07, 6.45) is 1.16. The summed E-state index contributed by atoms with van der Waals surface area (Å²) in [6, 6.07) is 9.19. The Morgan fingerprint density at radius 3 is 2.90 bits per heavy atom.